The average Bonchev–Trinajstić information content (AvgIpc) is 2.84. The van der Waals surface area contributed by atoms with Gasteiger partial charge in [-0.15, -0.1) is 0 Å². The second-order valence-electron chi connectivity index (χ2n) is 3.69. The van der Waals surface area contributed by atoms with Crippen LogP contribution in [0.25, 0.3) is 0 Å². The van der Waals surface area contributed by atoms with E-state index in [1.165, 1.54) is 28.4 Å². The molecule has 70 valence electrons. The van der Waals surface area contributed by atoms with Gasteiger partial charge in [0.05, 0.1) is 6.10 Å². The van der Waals surface area contributed by atoms with Gasteiger partial charge in [-0.25, -0.2) is 0 Å². The van der Waals surface area contributed by atoms with Crippen molar-refractivity contribution in [2.45, 2.75) is 32.8 Å². The Hall–Kier alpha value is -0.500. The van der Waals surface area contributed by atoms with E-state index in [1.807, 2.05) is 0 Å². The smallest absolute Gasteiger partial charge is 0.120 e. The van der Waals surface area contributed by atoms with Gasteiger partial charge in [0.25, 0.3) is 0 Å². The number of benzene rings is 1. The maximum absolute atomic E-state index is 5.72. The number of hydrogen-bond acceptors (Lipinski definition) is 1. The summed E-state index contributed by atoms with van der Waals surface area (Å²) in [6.07, 6.45) is 2.92. The van der Waals surface area contributed by atoms with Crippen molar-refractivity contribution < 1.29 is 4.74 Å². The highest BCUT2D eigenvalue weighted by molar-refractivity contribution is 9.10. The minimum Gasteiger partial charge on any atom is -0.490 e. The molecule has 0 aromatic heterocycles. The molecule has 0 bridgehead atoms. The fraction of sp³-hybridized carbons (Fsp3) is 0.455. The maximum Gasteiger partial charge on any atom is 0.120 e. The van der Waals surface area contributed by atoms with E-state index in [0.717, 1.165) is 5.75 Å². The van der Waals surface area contributed by atoms with Gasteiger partial charge in [-0.1, -0.05) is 15.9 Å². The highest BCUT2D eigenvalue weighted by Crippen LogP contribution is 2.31. The van der Waals surface area contributed by atoms with Gasteiger partial charge >= 0.3 is 0 Å². The first-order valence-corrected chi connectivity index (χ1v) is 5.39. The lowest BCUT2D eigenvalue weighted by Crippen LogP contribution is -1.97. The Morgan fingerprint density at radius 2 is 1.77 bits per heavy atom. The van der Waals surface area contributed by atoms with Crippen LogP contribution in [0.3, 0.4) is 0 Å². The number of ether oxygens (including phenoxy) is 1. The minimum atomic E-state index is 0.486. The number of hydrogen-bond donors (Lipinski definition) is 0. The third-order valence-electron chi connectivity index (χ3n) is 2.24. The van der Waals surface area contributed by atoms with Crippen molar-refractivity contribution in [2.75, 3.05) is 0 Å². The second kappa shape index (κ2) is 3.33. The summed E-state index contributed by atoms with van der Waals surface area (Å²) in [6, 6.07) is 4.19. The van der Waals surface area contributed by atoms with Gasteiger partial charge in [-0.2, -0.15) is 0 Å². The summed E-state index contributed by atoms with van der Waals surface area (Å²) in [7, 11) is 0. The van der Waals surface area contributed by atoms with Gasteiger partial charge in [0.15, 0.2) is 0 Å². The summed E-state index contributed by atoms with van der Waals surface area (Å²) in [5.74, 6) is 1.01. The van der Waals surface area contributed by atoms with Crippen molar-refractivity contribution in [3.8, 4) is 5.75 Å². The first kappa shape index (κ1) is 9.07. The standard InChI is InChI=1S/C11H13BrO/c1-7-5-10(13-9-3-4-9)6-8(2)11(7)12/h5-6,9H,3-4H2,1-2H3. The maximum atomic E-state index is 5.72. The molecule has 0 spiro atoms. The molecule has 0 radical (unpaired) electrons. The lowest BCUT2D eigenvalue weighted by molar-refractivity contribution is 0.303. The monoisotopic (exact) mass is 240 g/mol. The van der Waals surface area contributed by atoms with Crippen molar-refractivity contribution in [2.24, 2.45) is 0 Å². The summed E-state index contributed by atoms with van der Waals surface area (Å²) < 4.78 is 6.91. The van der Waals surface area contributed by atoms with Crippen LogP contribution >= 0.6 is 15.9 Å². The van der Waals surface area contributed by atoms with Crippen LogP contribution in [0.5, 0.6) is 5.75 Å². The first-order valence-electron chi connectivity index (χ1n) is 4.60. The van der Waals surface area contributed by atoms with Crippen LogP contribution in [0.1, 0.15) is 24.0 Å². The van der Waals surface area contributed by atoms with Gasteiger partial charge in [0, 0.05) is 4.47 Å². The zero-order chi connectivity index (χ0) is 9.42. The third kappa shape index (κ3) is 2.05. The molecule has 0 aliphatic heterocycles. The summed E-state index contributed by atoms with van der Waals surface area (Å²) in [6.45, 7) is 4.19. The Balaban J connectivity index is 2.25. The summed E-state index contributed by atoms with van der Waals surface area (Å²) in [5, 5.41) is 0. The summed E-state index contributed by atoms with van der Waals surface area (Å²) in [5.41, 5.74) is 2.49. The van der Waals surface area contributed by atoms with E-state index in [0.29, 0.717) is 6.10 Å². The lowest BCUT2D eigenvalue weighted by atomic mass is 10.1. The van der Waals surface area contributed by atoms with Crippen molar-refractivity contribution in [1.82, 2.24) is 0 Å². The van der Waals surface area contributed by atoms with Crippen LogP contribution in [0.15, 0.2) is 16.6 Å². The van der Waals surface area contributed by atoms with E-state index in [2.05, 4.69) is 41.9 Å². The van der Waals surface area contributed by atoms with E-state index in [1.54, 1.807) is 0 Å². The lowest BCUT2D eigenvalue weighted by Gasteiger charge is -2.08. The molecule has 0 saturated heterocycles. The van der Waals surface area contributed by atoms with Crippen LogP contribution in [-0.2, 0) is 0 Å². The van der Waals surface area contributed by atoms with Crippen molar-refractivity contribution in [1.29, 1.82) is 0 Å². The van der Waals surface area contributed by atoms with E-state index >= 15 is 0 Å². The zero-order valence-corrected chi connectivity index (χ0v) is 9.52. The van der Waals surface area contributed by atoms with E-state index < -0.39 is 0 Å². The highest BCUT2D eigenvalue weighted by Gasteiger charge is 2.23. The number of halogens is 1. The third-order valence-corrected chi connectivity index (χ3v) is 3.49. The molecule has 1 nitrogen and oxygen atoms in total. The molecule has 1 aliphatic rings. The van der Waals surface area contributed by atoms with Crippen LogP contribution in [0.2, 0.25) is 0 Å². The molecule has 2 heteroatoms. The molecule has 1 fully saturated rings. The predicted octanol–water partition coefficient (Wildman–Crippen LogP) is 3.61. The average molecular weight is 241 g/mol. The van der Waals surface area contributed by atoms with Crippen molar-refractivity contribution >= 4 is 15.9 Å². The molecule has 1 aromatic rings. The topological polar surface area (TPSA) is 9.23 Å². The van der Waals surface area contributed by atoms with Gasteiger partial charge in [-0.05, 0) is 49.9 Å². The summed E-state index contributed by atoms with van der Waals surface area (Å²) in [4.78, 5) is 0. The predicted molar refractivity (Wildman–Crippen MR) is 57.3 cm³/mol. The zero-order valence-electron chi connectivity index (χ0n) is 7.93. The van der Waals surface area contributed by atoms with E-state index in [-0.39, 0.29) is 0 Å². The molecule has 0 heterocycles. The molecule has 0 N–H and O–H groups in total. The molecule has 1 aliphatic carbocycles. The second-order valence-corrected chi connectivity index (χ2v) is 4.48. The van der Waals surface area contributed by atoms with Crippen LogP contribution in [0.4, 0.5) is 0 Å². The Labute approximate surface area is 87.2 Å². The fourth-order valence-corrected chi connectivity index (χ4v) is 1.58. The van der Waals surface area contributed by atoms with Crippen molar-refractivity contribution in [3.05, 3.63) is 27.7 Å². The summed E-state index contributed by atoms with van der Waals surface area (Å²) >= 11 is 3.54. The SMILES string of the molecule is Cc1cc(OC2CC2)cc(C)c1Br. The van der Waals surface area contributed by atoms with Crippen LogP contribution < -0.4 is 4.74 Å². The number of aryl methyl sites for hydroxylation is 2. The van der Waals surface area contributed by atoms with E-state index in [9.17, 15) is 0 Å². The van der Waals surface area contributed by atoms with Crippen molar-refractivity contribution in [3.63, 3.8) is 0 Å². The highest BCUT2D eigenvalue weighted by atomic mass is 79.9. The molecule has 0 amide bonds. The molecule has 2 rings (SSSR count). The molecule has 13 heavy (non-hydrogen) atoms. The Morgan fingerprint density at radius 1 is 1.23 bits per heavy atom. The molecular weight excluding hydrogens is 228 g/mol. The normalized spacial score (nSPS) is 15.9. The Kier molecular flexibility index (Phi) is 2.33. The minimum absolute atomic E-state index is 0.486. The Bertz CT molecular complexity index is 306. The van der Waals surface area contributed by atoms with Crippen LogP contribution in [0, 0.1) is 13.8 Å². The fourth-order valence-electron chi connectivity index (χ4n) is 1.35. The Morgan fingerprint density at radius 3 is 2.23 bits per heavy atom. The molecule has 1 saturated carbocycles. The quantitative estimate of drug-likeness (QED) is 0.768. The van der Waals surface area contributed by atoms with Gasteiger partial charge in [0.2, 0.25) is 0 Å². The molecule has 0 unspecified atom stereocenters. The first-order chi connectivity index (χ1) is 6.16. The van der Waals surface area contributed by atoms with Gasteiger partial charge in [-0.3, -0.25) is 0 Å². The van der Waals surface area contributed by atoms with Gasteiger partial charge in [0.1, 0.15) is 5.75 Å². The molecule has 1 aromatic carbocycles. The van der Waals surface area contributed by atoms with Gasteiger partial charge < -0.3 is 4.74 Å². The largest absolute Gasteiger partial charge is 0.490 e. The van der Waals surface area contributed by atoms with Crippen LogP contribution in [-0.4, -0.2) is 6.10 Å². The molecule has 0 atom stereocenters. The number of rotatable bonds is 2. The van der Waals surface area contributed by atoms with E-state index in [4.69, 9.17) is 4.74 Å². The molecular formula is C11H13BrO.